The van der Waals surface area contributed by atoms with E-state index in [1.54, 1.807) is 0 Å². The van der Waals surface area contributed by atoms with Crippen LogP contribution < -0.4 is 10.2 Å². The van der Waals surface area contributed by atoms with E-state index in [0.29, 0.717) is 0 Å². The molecule has 4 nitrogen and oxygen atoms in total. The monoisotopic (exact) mass is 354 g/mol. The number of carbonyl (C=O) groups excluding carboxylic acids is 1. The van der Waals surface area contributed by atoms with Crippen LogP contribution in [0.25, 0.3) is 0 Å². The summed E-state index contributed by atoms with van der Waals surface area (Å²) in [7, 11) is 0. The van der Waals surface area contributed by atoms with Gasteiger partial charge in [-0.2, -0.15) is 0 Å². The molecule has 1 heterocycles. The smallest absolute Gasteiger partial charge is 0.230 e. The summed E-state index contributed by atoms with van der Waals surface area (Å²) < 4.78 is 5.62. The number of hydrogen-bond donors (Lipinski definition) is 1. The lowest BCUT2D eigenvalue weighted by Crippen LogP contribution is -2.51. The molecule has 4 heteroatoms. The second-order valence-corrected chi connectivity index (χ2v) is 9.33. The minimum atomic E-state index is -0.0763. The number of ether oxygens (including phenoxy) is 1. The van der Waals surface area contributed by atoms with Crippen molar-refractivity contribution < 1.29 is 9.53 Å². The summed E-state index contributed by atoms with van der Waals surface area (Å²) in [5, 5.41) is 3.26. The van der Waals surface area contributed by atoms with Gasteiger partial charge in [0.15, 0.2) is 0 Å². The normalized spacial score (nSPS) is 38.4. The molecule has 4 aliphatic carbocycles. The molecule has 1 aliphatic heterocycles. The standard InChI is InChI=1S/C22H30N2O2/c1-15-14-24(6-7-26-15)20-4-2-19(3-5-20)23-21(25)22-11-16-8-17(12-22)10-18(9-16)13-22/h2-5,15-18H,6-14H2,1H3,(H,23,25). The van der Waals surface area contributed by atoms with Crippen LogP contribution in [0.5, 0.6) is 0 Å². The molecule has 140 valence electrons. The fourth-order valence-electron chi connectivity index (χ4n) is 6.46. The molecule has 0 radical (unpaired) electrons. The molecule has 1 aromatic rings. The van der Waals surface area contributed by atoms with Gasteiger partial charge in [0.2, 0.25) is 5.91 Å². The minimum absolute atomic E-state index is 0.0763. The quantitative estimate of drug-likeness (QED) is 0.890. The molecule has 6 rings (SSSR count). The number of amides is 1. The van der Waals surface area contributed by atoms with Crippen molar-refractivity contribution in [3.8, 4) is 0 Å². The molecular weight excluding hydrogens is 324 g/mol. The average molecular weight is 354 g/mol. The van der Waals surface area contributed by atoms with Gasteiger partial charge >= 0.3 is 0 Å². The Labute approximate surface area is 156 Å². The molecule has 1 amide bonds. The maximum Gasteiger partial charge on any atom is 0.230 e. The molecular formula is C22H30N2O2. The first-order valence-corrected chi connectivity index (χ1v) is 10.4. The molecule has 1 saturated heterocycles. The van der Waals surface area contributed by atoms with Crippen molar-refractivity contribution in [3.63, 3.8) is 0 Å². The summed E-state index contributed by atoms with van der Waals surface area (Å²) in [5.74, 6) is 2.69. The van der Waals surface area contributed by atoms with Crippen LogP contribution in [0.2, 0.25) is 0 Å². The van der Waals surface area contributed by atoms with Crippen LogP contribution in [-0.4, -0.2) is 31.7 Å². The van der Waals surface area contributed by atoms with Gasteiger partial charge in [-0.1, -0.05) is 0 Å². The van der Waals surface area contributed by atoms with Crippen LogP contribution in [0.15, 0.2) is 24.3 Å². The summed E-state index contributed by atoms with van der Waals surface area (Å²) in [4.78, 5) is 15.5. The fourth-order valence-corrected chi connectivity index (χ4v) is 6.46. The van der Waals surface area contributed by atoms with Gasteiger partial charge in [-0.15, -0.1) is 0 Å². The van der Waals surface area contributed by atoms with E-state index in [0.717, 1.165) is 62.4 Å². The number of benzene rings is 1. The number of rotatable bonds is 3. The zero-order valence-electron chi connectivity index (χ0n) is 15.7. The molecule has 5 fully saturated rings. The molecule has 5 aliphatic rings. The lowest BCUT2D eigenvalue weighted by atomic mass is 9.49. The maximum atomic E-state index is 13.2. The topological polar surface area (TPSA) is 41.6 Å². The summed E-state index contributed by atoms with van der Waals surface area (Å²) in [5.41, 5.74) is 2.08. The van der Waals surface area contributed by atoms with Crippen LogP contribution in [0.1, 0.15) is 45.4 Å². The van der Waals surface area contributed by atoms with Crippen molar-refractivity contribution >= 4 is 17.3 Å². The van der Waals surface area contributed by atoms with Crippen LogP contribution in [0.3, 0.4) is 0 Å². The van der Waals surface area contributed by atoms with Gasteiger partial charge in [0, 0.05) is 24.5 Å². The summed E-state index contributed by atoms with van der Waals surface area (Å²) in [6.07, 6.45) is 7.76. The van der Waals surface area contributed by atoms with Crippen LogP contribution >= 0.6 is 0 Å². The van der Waals surface area contributed by atoms with Crippen molar-refractivity contribution in [1.82, 2.24) is 0 Å². The maximum absolute atomic E-state index is 13.2. The van der Waals surface area contributed by atoms with E-state index in [2.05, 4.69) is 41.4 Å². The Bertz CT molecular complexity index is 649. The molecule has 1 unspecified atom stereocenters. The molecule has 0 spiro atoms. The molecule has 26 heavy (non-hydrogen) atoms. The Kier molecular flexibility index (Phi) is 4.00. The first kappa shape index (κ1) is 16.6. The van der Waals surface area contributed by atoms with Crippen molar-refractivity contribution in [2.45, 2.75) is 51.6 Å². The molecule has 1 aromatic carbocycles. The SMILES string of the molecule is CC1CN(c2ccc(NC(=O)C34CC5CC(CC(C5)C3)C4)cc2)CCO1. The lowest BCUT2D eigenvalue weighted by Gasteiger charge is -2.55. The van der Waals surface area contributed by atoms with Crippen molar-refractivity contribution in [3.05, 3.63) is 24.3 Å². The van der Waals surface area contributed by atoms with Gasteiger partial charge in [-0.25, -0.2) is 0 Å². The number of nitrogens with one attached hydrogen (secondary N) is 1. The highest BCUT2D eigenvalue weighted by atomic mass is 16.5. The van der Waals surface area contributed by atoms with Crippen LogP contribution in [-0.2, 0) is 9.53 Å². The summed E-state index contributed by atoms with van der Waals surface area (Å²) >= 11 is 0. The highest BCUT2D eigenvalue weighted by molar-refractivity contribution is 5.95. The molecule has 1 N–H and O–H groups in total. The molecule has 4 saturated carbocycles. The van der Waals surface area contributed by atoms with E-state index in [1.807, 2.05) is 0 Å². The molecule has 4 bridgehead atoms. The molecule has 1 atom stereocenters. The number of morpholine rings is 1. The van der Waals surface area contributed by atoms with Crippen LogP contribution in [0.4, 0.5) is 11.4 Å². The van der Waals surface area contributed by atoms with E-state index >= 15 is 0 Å². The Morgan fingerprint density at radius 2 is 1.69 bits per heavy atom. The van der Waals surface area contributed by atoms with Gasteiger partial charge in [-0.3, -0.25) is 4.79 Å². The zero-order valence-corrected chi connectivity index (χ0v) is 15.7. The first-order chi connectivity index (χ1) is 12.6. The average Bonchev–Trinajstić information content (AvgIpc) is 2.61. The molecule has 0 aromatic heterocycles. The third-order valence-electron chi connectivity index (χ3n) is 7.25. The number of carbonyl (C=O) groups is 1. The van der Waals surface area contributed by atoms with Gasteiger partial charge in [0.05, 0.1) is 18.1 Å². The van der Waals surface area contributed by atoms with E-state index < -0.39 is 0 Å². The highest BCUT2D eigenvalue weighted by Crippen LogP contribution is 2.60. The van der Waals surface area contributed by atoms with Gasteiger partial charge in [-0.05, 0) is 87.5 Å². The van der Waals surface area contributed by atoms with Crippen molar-refractivity contribution in [2.75, 3.05) is 29.9 Å². The van der Waals surface area contributed by atoms with Crippen molar-refractivity contribution in [1.29, 1.82) is 0 Å². The number of nitrogens with zero attached hydrogens (tertiary/aromatic N) is 1. The third kappa shape index (κ3) is 2.92. The predicted octanol–water partition coefficient (Wildman–Crippen LogP) is 4.07. The second-order valence-electron chi connectivity index (χ2n) is 9.33. The lowest BCUT2D eigenvalue weighted by molar-refractivity contribution is -0.140. The Balaban J connectivity index is 1.27. The van der Waals surface area contributed by atoms with E-state index in [-0.39, 0.29) is 17.4 Å². The highest BCUT2D eigenvalue weighted by Gasteiger charge is 2.54. The van der Waals surface area contributed by atoms with E-state index in [9.17, 15) is 4.79 Å². The minimum Gasteiger partial charge on any atom is -0.375 e. The van der Waals surface area contributed by atoms with Crippen LogP contribution in [0, 0.1) is 23.2 Å². The van der Waals surface area contributed by atoms with Gasteiger partial charge in [0.1, 0.15) is 0 Å². The predicted molar refractivity (Wildman–Crippen MR) is 103 cm³/mol. The van der Waals surface area contributed by atoms with E-state index in [1.165, 1.54) is 24.9 Å². The summed E-state index contributed by atoms with van der Waals surface area (Å²) in [6.45, 7) is 4.76. The van der Waals surface area contributed by atoms with Gasteiger partial charge in [0.25, 0.3) is 0 Å². The van der Waals surface area contributed by atoms with Crippen molar-refractivity contribution in [2.24, 2.45) is 23.2 Å². The summed E-state index contributed by atoms with van der Waals surface area (Å²) in [6, 6.07) is 8.39. The number of hydrogen-bond acceptors (Lipinski definition) is 3. The number of anilines is 2. The largest absolute Gasteiger partial charge is 0.375 e. The fraction of sp³-hybridized carbons (Fsp3) is 0.682. The van der Waals surface area contributed by atoms with Gasteiger partial charge < -0.3 is 15.0 Å². The Morgan fingerprint density at radius 3 is 2.27 bits per heavy atom. The van der Waals surface area contributed by atoms with E-state index in [4.69, 9.17) is 4.74 Å². The third-order valence-corrected chi connectivity index (χ3v) is 7.25. The Morgan fingerprint density at radius 1 is 1.08 bits per heavy atom. The zero-order chi connectivity index (χ0) is 17.7. The first-order valence-electron chi connectivity index (χ1n) is 10.4. The second kappa shape index (κ2) is 6.26. The Hall–Kier alpha value is -1.55.